The lowest BCUT2D eigenvalue weighted by Gasteiger charge is -2.09. The van der Waals surface area contributed by atoms with E-state index in [1.807, 2.05) is 41.1 Å². The monoisotopic (exact) mass is 380 g/mol. The number of aryl methyl sites for hydroxylation is 1. The van der Waals surface area contributed by atoms with Gasteiger partial charge in [-0.15, -0.1) is 0 Å². The fraction of sp³-hybridized carbons (Fsp3) is 0.143. The fourth-order valence-electron chi connectivity index (χ4n) is 2.64. The lowest BCUT2D eigenvalue weighted by molar-refractivity contribution is 0.599. The maximum absolute atomic E-state index is 13.8. The molecule has 27 heavy (non-hydrogen) atoms. The largest absolute Gasteiger partial charge is 0.342 e. The summed E-state index contributed by atoms with van der Waals surface area (Å²) in [5.74, 6) is -0.216. The lowest BCUT2D eigenvalue weighted by atomic mass is 10.1. The summed E-state index contributed by atoms with van der Waals surface area (Å²) in [5.41, 5.74) is 6.46. The molecule has 0 aliphatic rings. The van der Waals surface area contributed by atoms with Crippen LogP contribution in [0.1, 0.15) is 23.7 Å². The second kappa shape index (κ2) is 9.09. The first kappa shape index (κ1) is 18.8. The zero-order valence-corrected chi connectivity index (χ0v) is 15.8. The van der Waals surface area contributed by atoms with Gasteiger partial charge in [0, 0.05) is 17.4 Å². The Morgan fingerprint density at radius 1 is 1.11 bits per heavy atom. The molecule has 0 amide bonds. The summed E-state index contributed by atoms with van der Waals surface area (Å²) in [6, 6.07) is 18.6. The van der Waals surface area contributed by atoms with Gasteiger partial charge in [-0.1, -0.05) is 37.3 Å². The molecule has 6 heteroatoms. The number of nitrogens with one attached hydrogen (secondary N) is 2. The first-order chi connectivity index (χ1) is 13.2. The van der Waals surface area contributed by atoms with E-state index < -0.39 is 0 Å². The molecule has 0 saturated heterocycles. The van der Waals surface area contributed by atoms with Gasteiger partial charge in [-0.25, -0.2) is 4.39 Å². The van der Waals surface area contributed by atoms with E-state index in [2.05, 4.69) is 34.9 Å². The van der Waals surface area contributed by atoms with E-state index in [0.717, 1.165) is 17.8 Å². The SMILES string of the molecule is CCc1ccc(NC(=S)N/N=C\c2cccn2Cc2ccccc2F)cc1. The van der Waals surface area contributed by atoms with Crippen molar-refractivity contribution in [2.75, 3.05) is 5.32 Å². The Morgan fingerprint density at radius 2 is 1.89 bits per heavy atom. The molecule has 0 unspecified atom stereocenters. The summed E-state index contributed by atoms with van der Waals surface area (Å²) in [4.78, 5) is 0. The van der Waals surface area contributed by atoms with Crippen LogP contribution in [0.3, 0.4) is 0 Å². The van der Waals surface area contributed by atoms with Crippen LogP contribution in [-0.4, -0.2) is 15.9 Å². The van der Waals surface area contributed by atoms with Crippen molar-refractivity contribution < 1.29 is 4.39 Å². The summed E-state index contributed by atoms with van der Waals surface area (Å²) in [7, 11) is 0. The van der Waals surface area contributed by atoms with Gasteiger partial charge in [0.25, 0.3) is 0 Å². The summed E-state index contributed by atoms with van der Waals surface area (Å²) in [6.07, 6.45) is 4.55. The molecule has 0 bridgehead atoms. The maximum atomic E-state index is 13.8. The second-order valence-corrected chi connectivity index (χ2v) is 6.44. The second-order valence-electron chi connectivity index (χ2n) is 6.03. The molecule has 138 valence electrons. The Kier molecular flexibility index (Phi) is 6.33. The predicted octanol–water partition coefficient (Wildman–Crippen LogP) is 4.56. The highest BCUT2D eigenvalue weighted by Gasteiger charge is 2.04. The normalized spacial score (nSPS) is 10.9. The number of rotatable bonds is 6. The molecule has 0 saturated carbocycles. The summed E-state index contributed by atoms with van der Waals surface area (Å²) in [5, 5.41) is 7.67. The Hall–Kier alpha value is -2.99. The van der Waals surface area contributed by atoms with Crippen LogP contribution in [0.2, 0.25) is 0 Å². The number of benzene rings is 2. The molecule has 0 radical (unpaired) electrons. The summed E-state index contributed by atoms with van der Waals surface area (Å²) < 4.78 is 15.8. The van der Waals surface area contributed by atoms with Crippen molar-refractivity contribution in [2.24, 2.45) is 5.10 Å². The van der Waals surface area contributed by atoms with Gasteiger partial charge in [0.1, 0.15) is 5.82 Å². The Bertz CT molecular complexity index is 931. The molecule has 4 nitrogen and oxygen atoms in total. The molecule has 0 aliphatic carbocycles. The average Bonchev–Trinajstić information content (AvgIpc) is 3.11. The molecule has 0 aliphatic heterocycles. The van der Waals surface area contributed by atoms with Gasteiger partial charge >= 0.3 is 0 Å². The van der Waals surface area contributed by atoms with Crippen molar-refractivity contribution in [1.29, 1.82) is 0 Å². The van der Waals surface area contributed by atoms with E-state index in [9.17, 15) is 4.39 Å². The molecular weight excluding hydrogens is 359 g/mol. The highest BCUT2D eigenvalue weighted by atomic mass is 32.1. The van der Waals surface area contributed by atoms with Gasteiger partial charge in [-0.05, 0) is 54.5 Å². The summed E-state index contributed by atoms with van der Waals surface area (Å²) in [6.45, 7) is 2.55. The van der Waals surface area contributed by atoms with E-state index >= 15 is 0 Å². The fourth-order valence-corrected chi connectivity index (χ4v) is 2.81. The van der Waals surface area contributed by atoms with E-state index in [1.54, 1.807) is 18.3 Å². The van der Waals surface area contributed by atoms with Crippen molar-refractivity contribution in [3.8, 4) is 0 Å². The third-order valence-corrected chi connectivity index (χ3v) is 4.34. The third kappa shape index (κ3) is 5.24. The Balaban J connectivity index is 1.57. The van der Waals surface area contributed by atoms with Crippen LogP contribution in [0.25, 0.3) is 0 Å². The maximum Gasteiger partial charge on any atom is 0.191 e. The minimum absolute atomic E-state index is 0.216. The van der Waals surface area contributed by atoms with Crippen molar-refractivity contribution in [2.45, 2.75) is 19.9 Å². The molecule has 1 heterocycles. The first-order valence-electron chi connectivity index (χ1n) is 8.73. The van der Waals surface area contributed by atoms with Crippen LogP contribution < -0.4 is 10.7 Å². The Labute approximate surface area is 163 Å². The zero-order chi connectivity index (χ0) is 19.1. The van der Waals surface area contributed by atoms with Gasteiger partial charge in [0.05, 0.1) is 18.5 Å². The van der Waals surface area contributed by atoms with Gasteiger partial charge < -0.3 is 9.88 Å². The highest BCUT2D eigenvalue weighted by Crippen LogP contribution is 2.11. The number of anilines is 1. The molecule has 3 aromatic rings. The lowest BCUT2D eigenvalue weighted by Crippen LogP contribution is -2.24. The van der Waals surface area contributed by atoms with Crippen molar-refractivity contribution in [3.05, 3.63) is 89.5 Å². The van der Waals surface area contributed by atoms with E-state index in [-0.39, 0.29) is 5.82 Å². The van der Waals surface area contributed by atoms with Gasteiger partial charge in [-0.3, -0.25) is 5.43 Å². The molecule has 3 rings (SSSR count). The van der Waals surface area contributed by atoms with E-state index in [4.69, 9.17) is 12.2 Å². The van der Waals surface area contributed by atoms with Crippen LogP contribution >= 0.6 is 12.2 Å². The molecule has 2 aromatic carbocycles. The quantitative estimate of drug-likeness (QED) is 0.374. The number of halogens is 1. The molecular formula is C21H21FN4S. The van der Waals surface area contributed by atoms with E-state index in [0.29, 0.717) is 17.2 Å². The highest BCUT2D eigenvalue weighted by molar-refractivity contribution is 7.80. The topological polar surface area (TPSA) is 41.4 Å². The van der Waals surface area contributed by atoms with Crippen LogP contribution in [-0.2, 0) is 13.0 Å². The first-order valence-corrected chi connectivity index (χ1v) is 9.14. The molecule has 0 atom stereocenters. The molecule has 0 spiro atoms. The van der Waals surface area contributed by atoms with Crippen molar-refractivity contribution >= 4 is 29.2 Å². The van der Waals surface area contributed by atoms with Gasteiger partial charge in [0.15, 0.2) is 5.11 Å². The smallest absolute Gasteiger partial charge is 0.191 e. The predicted molar refractivity (Wildman–Crippen MR) is 113 cm³/mol. The minimum atomic E-state index is -0.216. The minimum Gasteiger partial charge on any atom is -0.342 e. The van der Waals surface area contributed by atoms with Crippen LogP contribution in [0.4, 0.5) is 10.1 Å². The van der Waals surface area contributed by atoms with E-state index in [1.165, 1.54) is 11.6 Å². The number of hydrogen-bond acceptors (Lipinski definition) is 2. The zero-order valence-electron chi connectivity index (χ0n) is 15.0. The summed E-state index contributed by atoms with van der Waals surface area (Å²) >= 11 is 5.25. The number of hydrazone groups is 1. The molecule has 0 fully saturated rings. The number of aromatic nitrogens is 1. The average molecular weight is 380 g/mol. The van der Waals surface area contributed by atoms with Gasteiger partial charge in [0.2, 0.25) is 0 Å². The number of nitrogens with zero attached hydrogens (tertiary/aromatic N) is 2. The number of thiocarbonyl (C=S) groups is 1. The van der Waals surface area contributed by atoms with Gasteiger partial charge in [-0.2, -0.15) is 5.10 Å². The number of hydrogen-bond donors (Lipinski definition) is 2. The third-order valence-electron chi connectivity index (χ3n) is 4.15. The van der Waals surface area contributed by atoms with Crippen molar-refractivity contribution in [1.82, 2.24) is 9.99 Å². The molecule has 1 aromatic heterocycles. The standard InChI is InChI=1S/C21H21FN4S/c1-2-16-9-11-18(12-10-16)24-21(27)25-23-14-19-7-5-13-26(19)15-17-6-3-4-8-20(17)22/h3-14H,2,15H2,1H3,(H2,24,25,27)/b23-14-. The van der Waals surface area contributed by atoms with Crippen LogP contribution in [0.15, 0.2) is 72.0 Å². The van der Waals surface area contributed by atoms with Crippen LogP contribution in [0.5, 0.6) is 0 Å². The van der Waals surface area contributed by atoms with Crippen molar-refractivity contribution in [3.63, 3.8) is 0 Å². The Morgan fingerprint density at radius 3 is 2.63 bits per heavy atom. The molecule has 2 N–H and O–H groups in total. The van der Waals surface area contributed by atoms with Crippen LogP contribution in [0, 0.1) is 5.82 Å².